The predicted octanol–water partition coefficient (Wildman–Crippen LogP) is 9.21. The lowest BCUT2D eigenvalue weighted by Crippen LogP contribution is -2.12. The van der Waals surface area contributed by atoms with Crippen LogP contribution in [-0.4, -0.2) is 19.7 Å². The minimum atomic E-state index is 0.463. The second-order valence-electron chi connectivity index (χ2n) is 11.6. The molecule has 0 aliphatic carbocycles. The molecule has 0 saturated heterocycles. The van der Waals surface area contributed by atoms with Crippen molar-refractivity contribution >= 4 is 10.8 Å². The van der Waals surface area contributed by atoms with E-state index >= 15 is 0 Å². The lowest BCUT2D eigenvalue weighted by molar-refractivity contribution is 0.621. The fourth-order valence-corrected chi connectivity index (χ4v) is 5.60. The fraction of sp³-hybridized carbons (Fsp3) is 0.216. The minimum absolute atomic E-state index is 0.463. The highest BCUT2D eigenvalue weighted by molar-refractivity contribution is 5.87. The first-order valence-corrected chi connectivity index (χ1v) is 14.6. The topological polar surface area (TPSA) is 43.6 Å². The van der Waals surface area contributed by atoms with E-state index in [1.807, 2.05) is 12.3 Å². The Labute approximate surface area is 242 Å². The van der Waals surface area contributed by atoms with Gasteiger partial charge in [0.1, 0.15) is 0 Å². The summed E-state index contributed by atoms with van der Waals surface area (Å²) in [6, 6.07) is 36.3. The van der Waals surface area contributed by atoms with E-state index in [4.69, 9.17) is 15.2 Å². The highest BCUT2D eigenvalue weighted by atomic mass is 15.3. The van der Waals surface area contributed by atoms with E-state index in [0.717, 1.165) is 47.0 Å². The zero-order valence-corrected chi connectivity index (χ0v) is 24.3. The van der Waals surface area contributed by atoms with Crippen LogP contribution in [0.5, 0.6) is 0 Å². The molecule has 0 bridgehead atoms. The minimum Gasteiger partial charge on any atom is -0.273 e. The molecule has 0 radical (unpaired) electrons. The Morgan fingerprint density at radius 1 is 0.561 bits per heavy atom. The van der Waals surface area contributed by atoms with Gasteiger partial charge >= 0.3 is 0 Å². The van der Waals surface area contributed by atoms with Crippen LogP contribution in [-0.2, 0) is 12.8 Å². The van der Waals surface area contributed by atoms with E-state index < -0.39 is 0 Å². The molecule has 6 rings (SSSR count). The van der Waals surface area contributed by atoms with Crippen LogP contribution in [0.15, 0.2) is 109 Å². The van der Waals surface area contributed by atoms with Crippen molar-refractivity contribution in [3.8, 4) is 39.6 Å². The molecule has 0 amide bonds. The Hall–Kier alpha value is -4.57. The number of aromatic nitrogens is 4. The zero-order chi connectivity index (χ0) is 28.3. The monoisotopic (exact) mass is 536 g/mol. The first-order chi connectivity index (χ1) is 20.0. The molecule has 0 N–H and O–H groups in total. The van der Waals surface area contributed by atoms with Crippen molar-refractivity contribution in [1.82, 2.24) is 19.7 Å². The fourth-order valence-electron chi connectivity index (χ4n) is 5.60. The van der Waals surface area contributed by atoms with Crippen molar-refractivity contribution in [3.05, 3.63) is 121 Å². The van der Waals surface area contributed by atoms with E-state index in [1.165, 1.54) is 27.5 Å². The molecule has 0 saturated carbocycles. The number of benzene rings is 4. The van der Waals surface area contributed by atoms with Crippen LogP contribution < -0.4 is 0 Å². The second kappa shape index (κ2) is 11.5. The van der Waals surface area contributed by atoms with Crippen LogP contribution in [0.1, 0.15) is 39.0 Å². The molecule has 0 atom stereocenters. The van der Waals surface area contributed by atoms with Gasteiger partial charge in [0.05, 0.1) is 11.4 Å². The largest absolute Gasteiger partial charge is 0.273 e. The van der Waals surface area contributed by atoms with Gasteiger partial charge in [-0.2, -0.15) is 0 Å². The summed E-state index contributed by atoms with van der Waals surface area (Å²) in [6.45, 7) is 9.04. The SMILES string of the molecule is CC(C)Cc1ccnc(CC(C)C)c1-n1c(-c2ccc(-c3ccccc3)cc2)nnc1-c1ccc2ccccc2c1. The number of rotatable bonds is 8. The third kappa shape index (κ3) is 5.55. The summed E-state index contributed by atoms with van der Waals surface area (Å²) in [4.78, 5) is 4.94. The number of pyridine rings is 1. The van der Waals surface area contributed by atoms with E-state index in [9.17, 15) is 0 Å². The zero-order valence-electron chi connectivity index (χ0n) is 24.3. The van der Waals surface area contributed by atoms with Crippen LogP contribution in [0, 0.1) is 11.8 Å². The summed E-state index contributed by atoms with van der Waals surface area (Å²) in [7, 11) is 0. The molecule has 204 valence electrons. The van der Waals surface area contributed by atoms with Gasteiger partial charge in [0.2, 0.25) is 0 Å². The third-order valence-electron chi connectivity index (χ3n) is 7.46. The van der Waals surface area contributed by atoms with E-state index in [2.05, 4.69) is 129 Å². The summed E-state index contributed by atoms with van der Waals surface area (Å²) in [5.41, 5.74) is 7.92. The van der Waals surface area contributed by atoms with Gasteiger partial charge in [0.25, 0.3) is 0 Å². The Morgan fingerprint density at radius 2 is 1.15 bits per heavy atom. The first-order valence-electron chi connectivity index (χ1n) is 14.6. The molecule has 2 heterocycles. The lowest BCUT2D eigenvalue weighted by atomic mass is 9.97. The Kier molecular flexibility index (Phi) is 7.47. The molecular weight excluding hydrogens is 500 g/mol. The molecular formula is C37H36N4. The molecule has 41 heavy (non-hydrogen) atoms. The molecule has 0 aliphatic rings. The second-order valence-corrected chi connectivity index (χ2v) is 11.6. The van der Waals surface area contributed by atoms with Gasteiger partial charge in [-0.1, -0.05) is 119 Å². The Balaban J connectivity index is 1.59. The summed E-state index contributed by atoms with van der Waals surface area (Å²) in [5.74, 6) is 2.62. The first kappa shape index (κ1) is 26.6. The average molecular weight is 537 g/mol. The van der Waals surface area contributed by atoms with E-state index in [0.29, 0.717) is 11.8 Å². The molecule has 6 aromatic rings. The summed E-state index contributed by atoms with van der Waals surface area (Å²) >= 11 is 0. The summed E-state index contributed by atoms with van der Waals surface area (Å²) in [6.07, 6.45) is 3.79. The molecule has 4 heteroatoms. The maximum Gasteiger partial charge on any atom is 0.168 e. The van der Waals surface area contributed by atoms with Crippen molar-refractivity contribution in [2.45, 2.75) is 40.5 Å². The van der Waals surface area contributed by atoms with E-state index in [-0.39, 0.29) is 0 Å². The Bertz CT molecular complexity index is 1750. The van der Waals surface area contributed by atoms with Crippen LogP contribution in [0.25, 0.3) is 50.4 Å². The average Bonchev–Trinajstić information content (AvgIpc) is 3.42. The number of hydrogen-bond acceptors (Lipinski definition) is 3. The van der Waals surface area contributed by atoms with Gasteiger partial charge < -0.3 is 0 Å². The van der Waals surface area contributed by atoms with Crippen LogP contribution in [0.2, 0.25) is 0 Å². The predicted molar refractivity (Wildman–Crippen MR) is 170 cm³/mol. The highest BCUT2D eigenvalue weighted by Crippen LogP contribution is 2.35. The molecule has 4 aromatic carbocycles. The lowest BCUT2D eigenvalue weighted by Gasteiger charge is -2.20. The van der Waals surface area contributed by atoms with Gasteiger partial charge in [-0.25, -0.2) is 0 Å². The summed E-state index contributed by atoms with van der Waals surface area (Å²) < 4.78 is 2.27. The quantitative estimate of drug-likeness (QED) is 0.195. The van der Waals surface area contributed by atoms with Gasteiger partial charge in [-0.05, 0) is 64.3 Å². The van der Waals surface area contributed by atoms with Crippen LogP contribution in [0.3, 0.4) is 0 Å². The van der Waals surface area contributed by atoms with Gasteiger partial charge in [-0.15, -0.1) is 10.2 Å². The smallest absolute Gasteiger partial charge is 0.168 e. The van der Waals surface area contributed by atoms with Gasteiger partial charge in [0.15, 0.2) is 11.6 Å². The van der Waals surface area contributed by atoms with Gasteiger partial charge in [-0.3, -0.25) is 9.55 Å². The normalized spacial score (nSPS) is 11.6. The molecule has 0 aliphatic heterocycles. The number of hydrogen-bond donors (Lipinski definition) is 0. The molecule has 0 fully saturated rings. The Morgan fingerprint density at radius 3 is 1.85 bits per heavy atom. The standard InChI is InChI=1S/C37H36N4/c1-25(2)22-32-20-21-38-34(23-26(3)4)35(32)41-36(30-17-14-29(15-18-30)27-10-6-5-7-11-27)39-40-37(41)33-19-16-28-12-8-9-13-31(28)24-33/h5-21,24-26H,22-23H2,1-4H3. The van der Waals surface area contributed by atoms with Crippen molar-refractivity contribution in [2.75, 3.05) is 0 Å². The molecule has 4 nitrogen and oxygen atoms in total. The van der Waals surface area contributed by atoms with Crippen LogP contribution >= 0.6 is 0 Å². The van der Waals surface area contributed by atoms with Crippen molar-refractivity contribution < 1.29 is 0 Å². The molecule has 0 unspecified atom stereocenters. The van der Waals surface area contributed by atoms with Crippen molar-refractivity contribution in [1.29, 1.82) is 0 Å². The molecule has 0 spiro atoms. The van der Waals surface area contributed by atoms with Crippen molar-refractivity contribution in [3.63, 3.8) is 0 Å². The van der Waals surface area contributed by atoms with Crippen molar-refractivity contribution in [2.24, 2.45) is 11.8 Å². The maximum absolute atomic E-state index is 4.94. The third-order valence-corrected chi connectivity index (χ3v) is 7.46. The van der Waals surface area contributed by atoms with Crippen LogP contribution in [0.4, 0.5) is 0 Å². The number of nitrogens with zero attached hydrogens (tertiary/aromatic N) is 4. The number of fused-ring (bicyclic) bond motifs is 1. The summed E-state index contributed by atoms with van der Waals surface area (Å²) in [5, 5.41) is 12.1. The maximum atomic E-state index is 4.94. The highest BCUT2D eigenvalue weighted by Gasteiger charge is 2.23. The molecule has 2 aromatic heterocycles. The van der Waals surface area contributed by atoms with Gasteiger partial charge in [0, 0.05) is 17.3 Å². The van der Waals surface area contributed by atoms with E-state index in [1.54, 1.807) is 0 Å².